The number of hydrogen-bond acceptors (Lipinski definition) is 4. The zero-order chi connectivity index (χ0) is 22.9. The van der Waals surface area contributed by atoms with Crippen molar-refractivity contribution in [2.45, 2.75) is 33.7 Å². The van der Waals surface area contributed by atoms with E-state index in [0.29, 0.717) is 13.1 Å². The maximum atomic E-state index is 12.1. The Bertz CT molecular complexity index is 1080. The van der Waals surface area contributed by atoms with Crippen LogP contribution in [0.5, 0.6) is 0 Å². The Labute approximate surface area is 188 Å². The number of aryl methyl sites for hydroxylation is 2. The molecule has 3 aromatic rings. The number of nitrogens with zero attached hydrogens (tertiary/aromatic N) is 2. The molecule has 0 radical (unpaired) electrons. The summed E-state index contributed by atoms with van der Waals surface area (Å²) >= 11 is 0. The van der Waals surface area contributed by atoms with Crippen molar-refractivity contribution in [3.8, 4) is 0 Å². The topological polar surface area (TPSA) is 73.2 Å². The zero-order valence-electron chi connectivity index (χ0n) is 18.8. The van der Waals surface area contributed by atoms with Crippen molar-refractivity contribution in [3.05, 3.63) is 94.3 Å². The first-order valence-electron chi connectivity index (χ1n) is 10.7. The molecule has 1 N–H and O–H groups in total. The first-order valence-corrected chi connectivity index (χ1v) is 10.7. The van der Waals surface area contributed by atoms with Crippen molar-refractivity contribution in [1.82, 2.24) is 15.1 Å². The van der Waals surface area contributed by atoms with E-state index < -0.39 is 5.97 Å². The number of hydrogen-bond donors (Lipinski definition) is 1. The molecule has 0 fully saturated rings. The summed E-state index contributed by atoms with van der Waals surface area (Å²) in [5.74, 6) is -0.880. The second kappa shape index (κ2) is 11.1. The minimum Gasteiger partial charge on any atom is -0.452 e. The van der Waals surface area contributed by atoms with Crippen molar-refractivity contribution in [2.75, 3.05) is 13.2 Å². The number of esters is 1. The molecule has 0 aliphatic rings. The fourth-order valence-corrected chi connectivity index (χ4v) is 3.35. The van der Waals surface area contributed by atoms with Crippen LogP contribution in [-0.2, 0) is 27.3 Å². The van der Waals surface area contributed by atoms with Crippen LogP contribution in [0.15, 0.2) is 60.7 Å². The van der Waals surface area contributed by atoms with Crippen LogP contribution in [0.3, 0.4) is 0 Å². The van der Waals surface area contributed by atoms with Crippen molar-refractivity contribution < 1.29 is 14.3 Å². The summed E-state index contributed by atoms with van der Waals surface area (Å²) in [4.78, 5) is 23.9. The average molecular weight is 432 g/mol. The van der Waals surface area contributed by atoms with E-state index in [-0.39, 0.29) is 12.5 Å². The van der Waals surface area contributed by atoms with Gasteiger partial charge in [0.2, 0.25) is 0 Å². The molecule has 0 spiro atoms. The zero-order valence-corrected chi connectivity index (χ0v) is 18.8. The molecule has 1 aromatic heterocycles. The quantitative estimate of drug-likeness (QED) is 0.413. The third-order valence-electron chi connectivity index (χ3n) is 5.20. The first kappa shape index (κ1) is 23.0. The number of carbonyl (C=O) groups is 2. The minimum absolute atomic E-state index is 0.303. The highest BCUT2D eigenvalue weighted by Gasteiger charge is 2.11. The van der Waals surface area contributed by atoms with Crippen LogP contribution in [0.2, 0.25) is 0 Å². The summed E-state index contributed by atoms with van der Waals surface area (Å²) in [5, 5.41) is 7.34. The van der Waals surface area contributed by atoms with Crippen molar-refractivity contribution >= 4 is 18.0 Å². The Hall–Kier alpha value is -3.67. The lowest BCUT2D eigenvalue weighted by Crippen LogP contribution is -2.30. The molecule has 2 aromatic carbocycles. The van der Waals surface area contributed by atoms with Gasteiger partial charge in [0.15, 0.2) is 6.61 Å². The molecule has 6 nitrogen and oxygen atoms in total. The summed E-state index contributed by atoms with van der Waals surface area (Å²) in [6.07, 6.45) is 3.76. The maximum Gasteiger partial charge on any atom is 0.331 e. The molecule has 6 heteroatoms. The van der Waals surface area contributed by atoms with Crippen molar-refractivity contribution in [2.24, 2.45) is 0 Å². The molecule has 0 aliphatic heterocycles. The summed E-state index contributed by atoms with van der Waals surface area (Å²) in [7, 11) is 0. The normalized spacial score (nSPS) is 11.0. The molecule has 0 aliphatic carbocycles. The number of nitrogens with one attached hydrogen (secondary N) is 1. The lowest BCUT2D eigenvalue weighted by atomic mass is 10.1. The van der Waals surface area contributed by atoms with Gasteiger partial charge in [0.25, 0.3) is 5.91 Å². The van der Waals surface area contributed by atoms with Crippen molar-refractivity contribution in [1.29, 1.82) is 0 Å². The summed E-state index contributed by atoms with van der Waals surface area (Å²) in [6, 6.07) is 18.2. The van der Waals surface area contributed by atoms with E-state index in [1.54, 1.807) is 6.08 Å². The van der Waals surface area contributed by atoms with Gasteiger partial charge in [0.1, 0.15) is 0 Å². The summed E-state index contributed by atoms with van der Waals surface area (Å²) in [6.45, 7) is 6.79. The van der Waals surface area contributed by atoms with Crippen LogP contribution in [0.1, 0.15) is 33.6 Å². The highest BCUT2D eigenvalue weighted by Crippen LogP contribution is 2.17. The molecule has 3 rings (SSSR count). The molecular formula is C26H29N3O3. The SMILES string of the molecule is Cc1ccc(Cn2nc(C)c(/C=C/C(=O)OCC(=O)NCCc3ccccc3)c2C)cc1. The Kier molecular flexibility index (Phi) is 7.97. The number of aromatic nitrogens is 2. The van der Waals surface area contributed by atoms with E-state index in [4.69, 9.17) is 4.74 Å². The molecule has 0 atom stereocenters. The molecule has 0 saturated carbocycles. The highest BCUT2D eigenvalue weighted by molar-refractivity contribution is 5.89. The standard InChI is InChI=1S/C26H29N3O3/c1-19-9-11-23(12-10-19)17-29-21(3)24(20(2)28-29)13-14-26(31)32-18-25(30)27-16-15-22-7-5-4-6-8-22/h4-14H,15-18H2,1-3H3,(H,27,30)/b14-13+. The Morgan fingerprint density at radius 2 is 1.72 bits per heavy atom. The number of amides is 1. The minimum atomic E-state index is -0.562. The van der Waals surface area contributed by atoms with Crippen LogP contribution in [-0.4, -0.2) is 34.8 Å². The molecular weight excluding hydrogens is 402 g/mol. The lowest BCUT2D eigenvalue weighted by Gasteiger charge is -2.06. The highest BCUT2D eigenvalue weighted by atomic mass is 16.5. The van der Waals surface area contributed by atoms with Gasteiger partial charge in [-0.3, -0.25) is 9.48 Å². The lowest BCUT2D eigenvalue weighted by molar-refractivity contribution is -0.143. The average Bonchev–Trinajstić information content (AvgIpc) is 3.05. The molecule has 1 amide bonds. The van der Waals surface area contributed by atoms with E-state index in [1.807, 2.05) is 48.9 Å². The van der Waals surface area contributed by atoms with E-state index in [0.717, 1.165) is 34.5 Å². The number of ether oxygens (including phenoxy) is 1. The predicted octanol–water partition coefficient (Wildman–Crippen LogP) is 3.77. The van der Waals surface area contributed by atoms with E-state index in [9.17, 15) is 9.59 Å². The number of benzene rings is 2. The molecule has 0 saturated heterocycles. The molecule has 166 valence electrons. The molecule has 0 unspecified atom stereocenters. The van der Waals surface area contributed by atoms with Gasteiger partial charge < -0.3 is 10.1 Å². The van der Waals surface area contributed by atoms with Gasteiger partial charge in [-0.15, -0.1) is 0 Å². The second-order valence-corrected chi connectivity index (χ2v) is 7.75. The van der Waals surface area contributed by atoms with Crippen LogP contribution in [0.4, 0.5) is 0 Å². The fraction of sp³-hybridized carbons (Fsp3) is 0.269. The molecule has 1 heterocycles. The van der Waals surface area contributed by atoms with Gasteiger partial charge in [-0.2, -0.15) is 5.10 Å². The predicted molar refractivity (Wildman–Crippen MR) is 125 cm³/mol. The van der Waals surface area contributed by atoms with Gasteiger partial charge in [-0.1, -0.05) is 60.2 Å². The third-order valence-corrected chi connectivity index (χ3v) is 5.20. The smallest absolute Gasteiger partial charge is 0.331 e. The van der Waals surface area contributed by atoms with Gasteiger partial charge in [0.05, 0.1) is 12.2 Å². The third kappa shape index (κ3) is 6.67. The summed E-state index contributed by atoms with van der Waals surface area (Å²) in [5.41, 5.74) is 6.19. The summed E-state index contributed by atoms with van der Waals surface area (Å²) < 4.78 is 6.98. The van der Waals surface area contributed by atoms with Crippen LogP contribution in [0, 0.1) is 20.8 Å². The number of carbonyl (C=O) groups excluding carboxylic acids is 2. The van der Waals surface area contributed by atoms with Crippen LogP contribution >= 0.6 is 0 Å². The van der Waals surface area contributed by atoms with E-state index in [2.05, 4.69) is 41.6 Å². The number of rotatable bonds is 9. The van der Waals surface area contributed by atoms with Gasteiger partial charge >= 0.3 is 5.97 Å². The molecule has 32 heavy (non-hydrogen) atoms. The molecule has 0 bridgehead atoms. The Morgan fingerprint density at radius 1 is 1.00 bits per heavy atom. The van der Waals surface area contributed by atoms with Crippen LogP contribution in [0.25, 0.3) is 6.08 Å². The van der Waals surface area contributed by atoms with Gasteiger partial charge in [-0.05, 0) is 44.4 Å². The van der Waals surface area contributed by atoms with Crippen molar-refractivity contribution in [3.63, 3.8) is 0 Å². The largest absolute Gasteiger partial charge is 0.452 e. The van der Waals surface area contributed by atoms with Crippen LogP contribution < -0.4 is 5.32 Å². The van der Waals surface area contributed by atoms with Gasteiger partial charge in [-0.25, -0.2) is 4.79 Å². The Balaban J connectivity index is 1.47. The maximum absolute atomic E-state index is 12.1. The van der Waals surface area contributed by atoms with E-state index >= 15 is 0 Å². The van der Waals surface area contributed by atoms with Gasteiger partial charge in [0, 0.05) is 23.9 Å². The fourth-order valence-electron chi connectivity index (χ4n) is 3.35. The first-order chi connectivity index (χ1) is 15.4. The second-order valence-electron chi connectivity index (χ2n) is 7.75. The monoisotopic (exact) mass is 431 g/mol. The Morgan fingerprint density at radius 3 is 2.44 bits per heavy atom. The van der Waals surface area contributed by atoms with E-state index in [1.165, 1.54) is 11.6 Å².